The van der Waals surface area contributed by atoms with Crippen LogP contribution in [0.2, 0.25) is 0 Å². The lowest BCUT2D eigenvalue weighted by atomic mass is 9.62. The number of ether oxygens (including phenoxy) is 1. The van der Waals surface area contributed by atoms with Crippen molar-refractivity contribution >= 4 is 11.7 Å². The molecule has 3 aromatic rings. The van der Waals surface area contributed by atoms with E-state index in [1.165, 1.54) is 12.3 Å². The minimum Gasteiger partial charge on any atom is -0.483 e. The maximum Gasteiger partial charge on any atom is 0.257 e. The number of ketones is 1. The first-order valence-corrected chi connectivity index (χ1v) is 12.5. The molecule has 0 radical (unpaired) electrons. The van der Waals surface area contributed by atoms with Gasteiger partial charge in [-0.1, -0.05) is 56.2 Å². The van der Waals surface area contributed by atoms with E-state index in [0.29, 0.717) is 6.54 Å². The van der Waals surface area contributed by atoms with Crippen molar-refractivity contribution in [2.75, 3.05) is 0 Å². The molecule has 1 fully saturated rings. The van der Waals surface area contributed by atoms with Crippen LogP contribution >= 0.6 is 0 Å². The fraction of sp³-hybridized carbons (Fsp3) is 0.345. The van der Waals surface area contributed by atoms with Crippen molar-refractivity contribution in [1.82, 2.24) is 9.88 Å². The number of carbonyl (C=O) groups is 2. The number of hydrogen-bond donors (Lipinski definition) is 1. The lowest BCUT2D eigenvalue weighted by molar-refractivity contribution is 0.0452. The smallest absolute Gasteiger partial charge is 0.257 e. The predicted octanol–water partition coefficient (Wildman–Crippen LogP) is 5.03. The number of aromatic nitrogens is 1. The summed E-state index contributed by atoms with van der Waals surface area (Å²) in [5.74, 6) is -2.42. The molecule has 6 nitrogen and oxygen atoms in total. The summed E-state index contributed by atoms with van der Waals surface area (Å²) in [6, 6.07) is 12.3. The molecule has 8 heteroatoms. The summed E-state index contributed by atoms with van der Waals surface area (Å²) in [6.07, 6.45) is 5.02. The van der Waals surface area contributed by atoms with E-state index in [1.54, 1.807) is 4.57 Å². The van der Waals surface area contributed by atoms with Crippen LogP contribution in [0.25, 0.3) is 0 Å². The number of benzene rings is 2. The highest BCUT2D eigenvalue weighted by Crippen LogP contribution is 2.48. The molecule has 192 valence electrons. The molecule has 2 heterocycles. The van der Waals surface area contributed by atoms with Crippen LogP contribution in [0.5, 0.6) is 5.75 Å². The van der Waals surface area contributed by atoms with E-state index < -0.39 is 28.4 Å². The summed E-state index contributed by atoms with van der Waals surface area (Å²) in [7, 11) is 0. The van der Waals surface area contributed by atoms with Crippen LogP contribution in [0.3, 0.4) is 0 Å². The van der Waals surface area contributed by atoms with E-state index in [-0.39, 0.29) is 47.4 Å². The Morgan fingerprint density at radius 3 is 2.68 bits per heavy atom. The summed E-state index contributed by atoms with van der Waals surface area (Å²) in [5, 5.41) is 2.54. The summed E-state index contributed by atoms with van der Waals surface area (Å²) in [5.41, 5.74) is -0.372. The Kier molecular flexibility index (Phi) is 6.67. The molecule has 2 atom stereocenters. The second kappa shape index (κ2) is 9.92. The molecular weight excluding hydrogens is 478 g/mol. The van der Waals surface area contributed by atoms with Crippen molar-refractivity contribution in [3.8, 4) is 5.75 Å². The first kappa shape index (κ1) is 24.9. The van der Waals surface area contributed by atoms with Crippen LogP contribution in [0.1, 0.15) is 64.6 Å². The molecule has 0 spiro atoms. The van der Waals surface area contributed by atoms with Gasteiger partial charge in [0.15, 0.2) is 11.5 Å². The Balaban J connectivity index is 1.52. The Labute approximate surface area is 213 Å². The standard InChI is InChI=1S/C29H28F2N2O4/c1-29-12-6-5-9-20(29)15-33-16-22(28(36)32-14-19-10-11-21(30)13-23(19)31)25(34)26(24(33)27(29)35)37-17-18-7-3-2-4-8-18/h2-4,7-8,10-11,13,16,20H,5-6,9,12,14-15,17H2,1H3,(H,32,36)/t20-,29-/m0/s1. The van der Waals surface area contributed by atoms with E-state index in [1.807, 2.05) is 37.3 Å². The molecule has 1 N–H and O–H groups in total. The Morgan fingerprint density at radius 1 is 1.14 bits per heavy atom. The highest BCUT2D eigenvalue weighted by atomic mass is 19.1. The van der Waals surface area contributed by atoms with Gasteiger partial charge in [0.1, 0.15) is 29.5 Å². The van der Waals surface area contributed by atoms with Crippen molar-refractivity contribution < 1.29 is 23.1 Å². The lowest BCUT2D eigenvalue weighted by Crippen LogP contribution is -2.47. The molecule has 2 aromatic carbocycles. The summed E-state index contributed by atoms with van der Waals surface area (Å²) in [6.45, 7) is 2.28. The van der Waals surface area contributed by atoms with Crippen LogP contribution in [-0.2, 0) is 19.7 Å². The van der Waals surface area contributed by atoms with Gasteiger partial charge in [-0.2, -0.15) is 0 Å². The van der Waals surface area contributed by atoms with E-state index >= 15 is 0 Å². The topological polar surface area (TPSA) is 77.4 Å². The molecule has 1 amide bonds. The van der Waals surface area contributed by atoms with E-state index in [9.17, 15) is 23.2 Å². The van der Waals surface area contributed by atoms with Gasteiger partial charge in [0.2, 0.25) is 5.43 Å². The molecule has 1 aromatic heterocycles. The molecule has 37 heavy (non-hydrogen) atoms. The number of pyridine rings is 1. The van der Waals surface area contributed by atoms with Crippen molar-refractivity contribution in [2.45, 2.75) is 52.3 Å². The van der Waals surface area contributed by atoms with E-state index in [0.717, 1.165) is 43.4 Å². The summed E-state index contributed by atoms with van der Waals surface area (Å²) in [4.78, 5) is 40.5. The van der Waals surface area contributed by atoms with Crippen LogP contribution in [0, 0.1) is 23.0 Å². The van der Waals surface area contributed by atoms with Crippen molar-refractivity contribution in [1.29, 1.82) is 0 Å². The third-order valence-electron chi connectivity index (χ3n) is 7.71. The second-order valence-electron chi connectivity index (χ2n) is 10.1. The van der Waals surface area contributed by atoms with Crippen LogP contribution < -0.4 is 15.5 Å². The minimum atomic E-state index is -0.795. The zero-order chi connectivity index (χ0) is 26.2. The fourth-order valence-corrected chi connectivity index (χ4v) is 5.48. The third-order valence-corrected chi connectivity index (χ3v) is 7.71. The second-order valence-corrected chi connectivity index (χ2v) is 10.1. The average Bonchev–Trinajstić information content (AvgIpc) is 2.89. The van der Waals surface area contributed by atoms with Gasteiger partial charge in [-0.25, -0.2) is 8.78 Å². The Hall–Kier alpha value is -3.81. The minimum absolute atomic E-state index is 0.0579. The maximum absolute atomic E-state index is 14.1. The SMILES string of the molecule is C[C@]12CCCC[C@H]1Cn1cc(C(=O)NCc3ccc(F)cc3F)c(=O)c(OCc3ccccc3)c1C2=O. The maximum atomic E-state index is 14.1. The summed E-state index contributed by atoms with van der Waals surface area (Å²) < 4.78 is 34.9. The molecular formula is C29H28F2N2O4. The van der Waals surface area contributed by atoms with Crippen LogP contribution in [0.4, 0.5) is 8.78 Å². The predicted molar refractivity (Wildman–Crippen MR) is 133 cm³/mol. The third kappa shape index (κ3) is 4.68. The van der Waals surface area contributed by atoms with Gasteiger partial charge in [-0.05, 0) is 30.4 Å². The van der Waals surface area contributed by atoms with Crippen LogP contribution in [-0.4, -0.2) is 16.3 Å². The highest BCUT2D eigenvalue weighted by Gasteiger charge is 2.48. The Morgan fingerprint density at radius 2 is 1.92 bits per heavy atom. The number of hydrogen-bond acceptors (Lipinski definition) is 4. The van der Waals surface area contributed by atoms with Crippen molar-refractivity contribution in [3.63, 3.8) is 0 Å². The van der Waals surface area contributed by atoms with Gasteiger partial charge in [0.25, 0.3) is 5.91 Å². The van der Waals surface area contributed by atoms with Crippen molar-refractivity contribution in [2.24, 2.45) is 11.3 Å². The van der Waals surface area contributed by atoms with E-state index in [2.05, 4.69) is 5.32 Å². The van der Waals surface area contributed by atoms with Gasteiger partial charge < -0.3 is 14.6 Å². The molecule has 2 aliphatic rings. The number of carbonyl (C=O) groups excluding carboxylic acids is 2. The molecule has 0 unspecified atom stereocenters. The molecule has 1 aliphatic heterocycles. The number of nitrogens with zero attached hydrogens (tertiary/aromatic N) is 1. The Bertz CT molecular complexity index is 1420. The van der Waals surface area contributed by atoms with Gasteiger partial charge >= 0.3 is 0 Å². The zero-order valence-corrected chi connectivity index (χ0v) is 20.6. The molecule has 1 saturated carbocycles. The van der Waals surface area contributed by atoms with Crippen molar-refractivity contribution in [3.05, 3.63) is 99.0 Å². The monoisotopic (exact) mass is 506 g/mol. The number of rotatable bonds is 6. The molecule has 5 rings (SSSR count). The van der Waals surface area contributed by atoms with Gasteiger partial charge in [-0.3, -0.25) is 14.4 Å². The lowest BCUT2D eigenvalue weighted by Gasteiger charge is -2.45. The summed E-state index contributed by atoms with van der Waals surface area (Å²) >= 11 is 0. The van der Waals surface area contributed by atoms with Crippen LogP contribution in [0.15, 0.2) is 59.5 Å². The van der Waals surface area contributed by atoms with Gasteiger partial charge in [0, 0.05) is 36.3 Å². The molecule has 0 bridgehead atoms. The highest BCUT2D eigenvalue weighted by molar-refractivity contribution is 6.03. The van der Waals surface area contributed by atoms with E-state index in [4.69, 9.17) is 4.74 Å². The quantitative estimate of drug-likeness (QED) is 0.509. The molecule has 1 aliphatic carbocycles. The van der Waals surface area contributed by atoms with Gasteiger partial charge in [0.05, 0.1) is 0 Å². The number of halogens is 2. The average molecular weight is 507 g/mol. The number of nitrogens with one attached hydrogen (secondary N) is 1. The zero-order valence-electron chi connectivity index (χ0n) is 20.6. The largest absolute Gasteiger partial charge is 0.483 e. The number of amides is 1. The number of Topliss-reactive ketones (excluding diaryl/α,β-unsaturated/α-hetero) is 1. The molecule has 0 saturated heterocycles. The first-order chi connectivity index (χ1) is 17.8. The first-order valence-electron chi connectivity index (χ1n) is 12.5. The normalized spacial score (nSPS) is 20.6. The number of fused-ring (bicyclic) bond motifs is 2. The fourth-order valence-electron chi connectivity index (χ4n) is 5.48. The van der Waals surface area contributed by atoms with Gasteiger partial charge in [-0.15, -0.1) is 0 Å².